The van der Waals surface area contributed by atoms with E-state index in [9.17, 15) is 19.2 Å². The number of urea groups is 1. The summed E-state index contributed by atoms with van der Waals surface area (Å²) in [4.78, 5) is 48.9. The fourth-order valence-corrected chi connectivity index (χ4v) is 4.31. The second kappa shape index (κ2) is 7.95. The number of carbonyl (C=O) groups is 4. The summed E-state index contributed by atoms with van der Waals surface area (Å²) in [5, 5.41) is 10.4. The molecule has 31 heavy (non-hydrogen) atoms. The average Bonchev–Trinajstić information content (AvgIpc) is 2.99. The van der Waals surface area contributed by atoms with Gasteiger partial charge in [-0.15, -0.1) is 11.8 Å². The predicted octanol–water partition coefficient (Wildman–Crippen LogP) is 2.35. The van der Waals surface area contributed by atoms with Crippen molar-refractivity contribution in [2.24, 2.45) is 0 Å². The Morgan fingerprint density at radius 2 is 1.94 bits per heavy atom. The molecule has 0 spiro atoms. The second-order valence-corrected chi connectivity index (χ2v) is 8.46. The minimum atomic E-state index is -1.06. The summed E-state index contributed by atoms with van der Waals surface area (Å²) in [6, 6.07) is 11.5. The Labute approximate surface area is 182 Å². The molecule has 0 aromatic heterocycles. The molecule has 5 amide bonds. The van der Waals surface area contributed by atoms with Crippen LogP contribution < -0.4 is 26.0 Å². The van der Waals surface area contributed by atoms with Gasteiger partial charge in [-0.25, -0.2) is 4.79 Å². The van der Waals surface area contributed by atoms with Gasteiger partial charge >= 0.3 is 6.03 Å². The number of carbonyl (C=O) groups excluding carboxylic acids is 4. The minimum Gasteiger partial charge on any atom is -0.479 e. The van der Waals surface area contributed by atoms with Crippen molar-refractivity contribution >= 4 is 46.9 Å². The molecular formula is C21H20N4O5S. The second-order valence-electron chi connectivity index (χ2n) is 7.44. The van der Waals surface area contributed by atoms with Gasteiger partial charge in [-0.1, -0.05) is 12.1 Å². The number of amides is 5. The molecule has 2 aliphatic rings. The van der Waals surface area contributed by atoms with Crippen molar-refractivity contribution in [3.8, 4) is 5.75 Å². The van der Waals surface area contributed by atoms with Crippen molar-refractivity contribution in [1.29, 1.82) is 0 Å². The molecule has 4 rings (SSSR count). The van der Waals surface area contributed by atoms with E-state index in [1.165, 1.54) is 11.8 Å². The van der Waals surface area contributed by atoms with Gasteiger partial charge in [-0.05, 0) is 44.2 Å². The lowest BCUT2D eigenvalue weighted by atomic mass is 10.1. The first-order chi connectivity index (χ1) is 14.7. The van der Waals surface area contributed by atoms with Crippen LogP contribution in [0.25, 0.3) is 0 Å². The molecule has 2 atom stereocenters. The lowest BCUT2D eigenvalue weighted by Gasteiger charge is -2.23. The van der Waals surface area contributed by atoms with E-state index >= 15 is 0 Å². The predicted molar refractivity (Wildman–Crippen MR) is 115 cm³/mol. The smallest absolute Gasteiger partial charge is 0.322 e. The fourth-order valence-electron chi connectivity index (χ4n) is 3.17. The number of fused-ring (bicyclic) bond motifs is 1. The van der Waals surface area contributed by atoms with Crippen molar-refractivity contribution in [3.63, 3.8) is 0 Å². The maximum absolute atomic E-state index is 12.9. The molecule has 1 saturated heterocycles. The fraction of sp³-hybridized carbons (Fsp3) is 0.238. The van der Waals surface area contributed by atoms with Crippen molar-refractivity contribution in [1.82, 2.24) is 10.6 Å². The maximum Gasteiger partial charge on any atom is 0.322 e. The third-order valence-corrected chi connectivity index (χ3v) is 6.32. The van der Waals surface area contributed by atoms with Crippen molar-refractivity contribution in [3.05, 3.63) is 48.0 Å². The highest BCUT2D eigenvalue weighted by Crippen LogP contribution is 2.33. The number of anilines is 2. The van der Waals surface area contributed by atoms with E-state index in [0.29, 0.717) is 27.6 Å². The molecular weight excluding hydrogens is 420 g/mol. The quantitative estimate of drug-likeness (QED) is 0.418. The Hall–Kier alpha value is -3.53. The molecule has 0 saturated carbocycles. The Kier molecular flexibility index (Phi) is 5.32. The summed E-state index contributed by atoms with van der Waals surface area (Å²) in [6.07, 6.45) is -0.578. The van der Waals surface area contributed by atoms with Crippen LogP contribution in [0.5, 0.6) is 5.75 Å². The van der Waals surface area contributed by atoms with Crippen molar-refractivity contribution in [2.45, 2.75) is 30.4 Å². The highest BCUT2D eigenvalue weighted by molar-refractivity contribution is 7.99. The van der Waals surface area contributed by atoms with Gasteiger partial charge in [-0.2, -0.15) is 0 Å². The van der Waals surface area contributed by atoms with E-state index in [-0.39, 0.29) is 17.6 Å². The van der Waals surface area contributed by atoms with Crippen LogP contribution >= 0.6 is 11.8 Å². The van der Waals surface area contributed by atoms with Crippen molar-refractivity contribution in [2.75, 3.05) is 16.4 Å². The largest absolute Gasteiger partial charge is 0.479 e. The van der Waals surface area contributed by atoms with Crippen molar-refractivity contribution < 1.29 is 23.9 Å². The number of nitrogens with one attached hydrogen (secondary N) is 4. The number of hydrogen-bond donors (Lipinski definition) is 4. The normalized spacial score (nSPS) is 22.0. The maximum atomic E-state index is 12.9. The van der Waals surface area contributed by atoms with Gasteiger partial charge in [0.25, 0.3) is 17.7 Å². The zero-order chi connectivity index (χ0) is 22.2. The van der Waals surface area contributed by atoms with Crippen LogP contribution in [0.15, 0.2) is 47.4 Å². The number of hydrogen-bond acceptors (Lipinski definition) is 6. The first-order valence-corrected chi connectivity index (χ1v) is 10.5. The van der Waals surface area contributed by atoms with Crippen LogP contribution in [-0.4, -0.2) is 41.1 Å². The summed E-state index contributed by atoms with van der Waals surface area (Å²) in [5.41, 5.74) is 0.349. The highest BCUT2D eigenvalue weighted by atomic mass is 32.2. The summed E-state index contributed by atoms with van der Waals surface area (Å²) < 4.78 is 5.52. The van der Waals surface area contributed by atoms with Crippen LogP contribution in [0.4, 0.5) is 16.2 Å². The third kappa shape index (κ3) is 4.19. The Morgan fingerprint density at radius 1 is 1.16 bits per heavy atom. The van der Waals surface area contributed by atoms with Gasteiger partial charge in [0, 0.05) is 16.3 Å². The molecule has 0 unspecified atom stereocenters. The molecule has 9 nitrogen and oxygen atoms in total. The van der Waals surface area contributed by atoms with Gasteiger partial charge < -0.3 is 20.7 Å². The van der Waals surface area contributed by atoms with Crippen LogP contribution in [0, 0.1) is 0 Å². The molecule has 160 valence electrons. The minimum absolute atomic E-state index is 0.255. The standard InChI is InChI=1S/C21H20N4O5S/c1-11-17(26)23-14-9-12(7-8-15(14)30-11)22-18(27)13-5-3-4-6-16(13)31-10-21(2)19(28)24-20(29)25-21/h3-9,11H,10H2,1-2H3,(H,22,27)(H,23,26)(H2,24,25,28,29)/t11-,21+/m1/s1. The zero-order valence-corrected chi connectivity index (χ0v) is 17.6. The summed E-state index contributed by atoms with van der Waals surface area (Å²) in [6.45, 7) is 3.29. The van der Waals surface area contributed by atoms with Gasteiger partial charge in [0.1, 0.15) is 11.3 Å². The van der Waals surface area contributed by atoms with Crippen LogP contribution in [0.1, 0.15) is 24.2 Å². The van der Waals surface area contributed by atoms with Gasteiger partial charge in [0.2, 0.25) is 0 Å². The van der Waals surface area contributed by atoms with E-state index in [0.717, 1.165) is 0 Å². The number of thioether (sulfide) groups is 1. The molecule has 0 bridgehead atoms. The topological polar surface area (TPSA) is 126 Å². The lowest BCUT2D eigenvalue weighted by Crippen LogP contribution is -2.46. The molecule has 2 aromatic rings. The summed E-state index contributed by atoms with van der Waals surface area (Å²) in [7, 11) is 0. The van der Waals surface area contributed by atoms with E-state index in [1.54, 1.807) is 56.3 Å². The lowest BCUT2D eigenvalue weighted by molar-refractivity contribution is -0.123. The first-order valence-electron chi connectivity index (χ1n) is 9.53. The number of benzene rings is 2. The highest BCUT2D eigenvalue weighted by Gasteiger charge is 2.42. The Bertz CT molecular complexity index is 1100. The first kappa shape index (κ1) is 20.7. The van der Waals surface area contributed by atoms with E-state index < -0.39 is 23.6 Å². The average molecular weight is 440 g/mol. The zero-order valence-electron chi connectivity index (χ0n) is 16.8. The summed E-state index contributed by atoms with van der Waals surface area (Å²) >= 11 is 1.30. The Morgan fingerprint density at radius 3 is 2.68 bits per heavy atom. The molecule has 2 heterocycles. The third-order valence-electron chi connectivity index (χ3n) is 4.93. The van der Waals surface area contributed by atoms with E-state index in [1.807, 2.05) is 0 Å². The molecule has 0 aliphatic carbocycles. The molecule has 10 heteroatoms. The summed E-state index contributed by atoms with van der Waals surface area (Å²) in [5.74, 6) is -0.209. The van der Waals surface area contributed by atoms with Gasteiger partial charge in [0.15, 0.2) is 6.10 Å². The molecule has 2 aromatic carbocycles. The Balaban J connectivity index is 1.49. The van der Waals surface area contributed by atoms with Crippen LogP contribution in [-0.2, 0) is 9.59 Å². The SMILES string of the molecule is C[C@H]1Oc2ccc(NC(=O)c3ccccc3SC[C@]3(C)NC(=O)NC3=O)cc2NC1=O. The van der Waals surface area contributed by atoms with E-state index in [4.69, 9.17) is 4.74 Å². The monoisotopic (exact) mass is 440 g/mol. The van der Waals surface area contributed by atoms with Crippen LogP contribution in [0.2, 0.25) is 0 Å². The molecule has 4 N–H and O–H groups in total. The van der Waals surface area contributed by atoms with Crippen LogP contribution in [0.3, 0.4) is 0 Å². The van der Waals surface area contributed by atoms with Gasteiger partial charge in [0.05, 0.1) is 11.3 Å². The van der Waals surface area contributed by atoms with E-state index in [2.05, 4.69) is 21.3 Å². The van der Waals surface area contributed by atoms with Gasteiger partial charge in [-0.3, -0.25) is 19.7 Å². The molecule has 0 radical (unpaired) electrons. The molecule has 1 fully saturated rings. The number of ether oxygens (including phenoxy) is 1. The number of imide groups is 1. The molecule has 2 aliphatic heterocycles. The number of rotatable bonds is 5.